The molecule has 318 valence electrons. The highest BCUT2D eigenvalue weighted by molar-refractivity contribution is 5.91. The van der Waals surface area contributed by atoms with Crippen molar-refractivity contribution in [3.63, 3.8) is 0 Å². The fourth-order valence-corrected chi connectivity index (χ4v) is 9.99. The summed E-state index contributed by atoms with van der Waals surface area (Å²) in [6.07, 6.45) is -3.49. The normalized spacial score (nSPS) is 41.3. The van der Waals surface area contributed by atoms with Gasteiger partial charge in [-0.15, -0.1) is 0 Å². The Morgan fingerprint density at radius 1 is 1.11 bits per heavy atom. The molecule has 14 atom stereocenters. The van der Waals surface area contributed by atoms with Gasteiger partial charge in [-0.25, -0.2) is 9.78 Å². The summed E-state index contributed by atoms with van der Waals surface area (Å²) in [5.74, 6) is -1.91. The van der Waals surface area contributed by atoms with Crippen molar-refractivity contribution in [2.45, 2.75) is 141 Å². The Bertz CT molecular complexity index is 1660. The molecule has 3 N–H and O–H groups in total. The van der Waals surface area contributed by atoms with Gasteiger partial charge in [0.05, 0.1) is 61.3 Å². The van der Waals surface area contributed by atoms with Crippen LogP contribution in [0.25, 0.3) is 0 Å². The van der Waals surface area contributed by atoms with Crippen LogP contribution in [0.3, 0.4) is 0 Å². The first kappa shape index (κ1) is 43.2. The summed E-state index contributed by atoms with van der Waals surface area (Å²) in [7, 11) is 3.86. The summed E-state index contributed by atoms with van der Waals surface area (Å²) in [6, 6.07) is 4.63. The Morgan fingerprint density at radius 3 is 2.56 bits per heavy atom. The van der Waals surface area contributed by atoms with Gasteiger partial charge >= 0.3 is 12.1 Å². The van der Waals surface area contributed by atoms with Crippen LogP contribution in [0.2, 0.25) is 0 Å². The van der Waals surface area contributed by atoms with E-state index in [9.17, 15) is 14.7 Å². The van der Waals surface area contributed by atoms with Crippen molar-refractivity contribution in [2.24, 2.45) is 33.8 Å². The van der Waals surface area contributed by atoms with Gasteiger partial charge in [0.2, 0.25) is 0 Å². The van der Waals surface area contributed by atoms with Crippen LogP contribution < -0.4 is 5.73 Å². The van der Waals surface area contributed by atoms with E-state index in [-0.39, 0.29) is 43.8 Å². The zero-order valence-electron chi connectivity index (χ0n) is 35.3. The van der Waals surface area contributed by atoms with Gasteiger partial charge in [-0.3, -0.25) is 14.7 Å². The number of oxime groups is 1. The van der Waals surface area contributed by atoms with E-state index in [1.807, 2.05) is 53.6 Å². The number of carbonyl (C=O) groups is 2. The number of hydrogen-bond donors (Lipinski definition) is 2. The predicted octanol–water partition coefficient (Wildman–Crippen LogP) is 3.83. The van der Waals surface area contributed by atoms with Crippen molar-refractivity contribution in [3.05, 3.63) is 23.9 Å². The molecule has 0 unspecified atom stereocenters. The number of rotatable bonds is 7. The van der Waals surface area contributed by atoms with Gasteiger partial charge in [0.15, 0.2) is 18.5 Å². The summed E-state index contributed by atoms with van der Waals surface area (Å²) in [5.41, 5.74) is 5.61. The number of anilines is 1. The first-order chi connectivity index (χ1) is 27.0. The van der Waals surface area contributed by atoms with Crippen LogP contribution in [0.15, 0.2) is 28.3 Å². The van der Waals surface area contributed by atoms with Crippen molar-refractivity contribution >= 4 is 29.3 Å². The third-order valence-electron chi connectivity index (χ3n) is 12.8. The van der Waals surface area contributed by atoms with Crippen molar-refractivity contribution in [3.8, 4) is 0 Å². The van der Waals surface area contributed by atoms with Crippen molar-refractivity contribution in [1.29, 1.82) is 0 Å². The third-order valence-corrected chi connectivity index (χ3v) is 12.8. The zero-order chi connectivity index (χ0) is 41.4. The minimum Gasteiger partial charge on any atom is -0.458 e. The number of aliphatic hydroxyl groups excluding tert-OH is 1. The molecule has 0 radical (unpaired) electrons. The number of amides is 1. The topological polar surface area (TPSA) is 189 Å². The average molecular weight is 801 g/mol. The number of cyclic esters (lactones) is 1. The number of pyridine rings is 1. The fraction of sp³-hybridized carbons (Fsp3) is 0.780. The Hall–Kier alpha value is -3.41. The van der Waals surface area contributed by atoms with Gasteiger partial charge in [-0.05, 0) is 79.1 Å². The van der Waals surface area contributed by atoms with E-state index in [1.54, 1.807) is 30.0 Å². The molecular weight excluding hydrogens is 736 g/mol. The second-order valence-electron chi connectivity index (χ2n) is 17.4. The highest BCUT2D eigenvalue weighted by Crippen LogP contribution is 2.45. The summed E-state index contributed by atoms with van der Waals surface area (Å²) in [6.45, 7) is 16.5. The summed E-state index contributed by atoms with van der Waals surface area (Å²) in [5, 5.41) is 16.2. The molecule has 1 aromatic heterocycles. The number of nitrogens with two attached hydrogens (primary N) is 1. The number of esters is 1. The molecule has 16 nitrogen and oxygen atoms in total. The lowest BCUT2D eigenvalue weighted by Gasteiger charge is -2.48. The molecule has 4 bridgehead atoms. The number of nitrogen functional groups attached to an aromatic ring is 1. The molecular formula is C41H64N6O10. The molecule has 0 aliphatic carbocycles. The molecule has 0 aromatic carbocycles. The number of fused-ring (bicyclic) bond motifs is 4. The van der Waals surface area contributed by atoms with Gasteiger partial charge in [0.1, 0.15) is 23.7 Å². The van der Waals surface area contributed by atoms with Gasteiger partial charge in [0.25, 0.3) is 0 Å². The number of aromatic nitrogens is 1. The first-order valence-corrected chi connectivity index (χ1v) is 20.5. The van der Waals surface area contributed by atoms with Crippen LogP contribution >= 0.6 is 0 Å². The number of ether oxygens (including phenoxy) is 6. The Labute approximate surface area is 336 Å². The quantitative estimate of drug-likeness (QED) is 0.300. The number of likely N-dealkylation sites (N-methyl/N-ethyl adjacent to an activating group) is 1. The number of aliphatic imine (C=N–C) groups is 1. The second-order valence-corrected chi connectivity index (χ2v) is 17.4. The van der Waals surface area contributed by atoms with Gasteiger partial charge in [-0.2, -0.15) is 0 Å². The number of hydrogen-bond acceptors (Lipinski definition) is 15. The summed E-state index contributed by atoms with van der Waals surface area (Å²) in [4.78, 5) is 46.9. The van der Waals surface area contributed by atoms with Gasteiger partial charge < -0.3 is 49.0 Å². The molecule has 5 aliphatic heterocycles. The molecule has 6 heterocycles. The largest absolute Gasteiger partial charge is 0.458 e. The molecule has 4 saturated heterocycles. The van der Waals surface area contributed by atoms with E-state index in [2.05, 4.69) is 24.0 Å². The van der Waals surface area contributed by atoms with E-state index >= 15 is 0 Å². The maximum atomic E-state index is 14.5. The monoisotopic (exact) mass is 800 g/mol. The standard InChI is InChI=1S/C41H64N6O10/c1-11-30-41(8)35-24(4)32(43-15-16-47(35)39(50)57-41)22(2)18-40(7)36(56-38-33(48)29(46(9)10)17-23(3)54-38)25(5)34(26(6)37(49)55-30)51-19-28(20-52-40)45-53-21-27-13-12-14-31(42)44-27/h12-14,22-26,29-30,33-36,38,48H,11,15-21H2,1-10H3,(H2,42,44)/t22-,23+,24+,25+,26+,29-,30-,33+,34+,35-,36-,38-,40-,41-/m1/s1. The molecule has 4 fully saturated rings. The molecule has 57 heavy (non-hydrogen) atoms. The lowest BCUT2D eigenvalue weighted by atomic mass is 9.72. The second kappa shape index (κ2) is 17.4. The molecule has 1 aromatic rings. The number of nitrogens with zero attached hydrogens (tertiary/aromatic N) is 5. The zero-order valence-corrected chi connectivity index (χ0v) is 35.3. The van der Waals surface area contributed by atoms with Gasteiger partial charge in [-0.1, -0.05) is 38.9 Å². The lowest BCUT2D eigenvalue weighted by molar-refractivity contribution is -0.302. The average Bonchev–Trinajstić information content (AvgIpc) is 3.30. The highest BCUT2D eigenvalue weighted by atomic mass is 16.7. The lowest BCUT2D eigenvalue weighted by Crippen LogP contribution is -2.60. The van der Waals surface area contributed by atoms with Crippen LogP contribution in [-0.2, 0) is 44.7 Å². The van der Waals surface area contributed by atoms with Crippen molar-refractivity contribution in [2.75, 3.05) is 46.1 Å². The van der Waals surface area contributed by atoms with Crippen LogP contribution in [0, 0.1) is 23.7 Å². The fourth-order valence-electron chi connectivity index (χ4n) is 9.99. The smallest absolute Gasteiger partial charge is 0.410 e. The highest BCUT2D eigenvalue weighted by Gasteiger charge is 2.60. The Balaban J connectivity index is 1.45. The molecule has 0 spiro atoms. The van der Waals surface area contributed by atoms with Crippen molar-refractivity contribution in [1.82, 2.24) is 14.8 Å². The van der Waals surface area contributed by atoms with E-state index in [4.69, 9.17) is 44.0 Å². The van der Waals surface area contributed by atoms with Crippen LogP contribution in [0.4, 0.5) is 10.6 Å². The number of carbonyl (C=O) groups excluding carboxylic acids is 2. The number of aliphatic hydroxyl groups is 1. The summed E-state index contributed by atoms with van der Waals surface area (Å²) >= 11 is 0. The van der Waals surface area contributed by atoms with Crippen LogP contribution in [-0.4, -0.2) is 144 Å². The predicted molar refractivity (Wildman–Crippen MR) is 211 cm³/mol. The molecule has 0 saturated carbocycles. The molecule has 16 heteroatoms. The third kappa shape index (κ3) is 8.81. The SMILES string of the molecule is CC[C@H]1OC(=O)[C@@H](C)[C@H]2OCC(=NOCc3cccc(N)n3)CO[C@](C)(C[C@@H](C)C3=NCCN4C(=O)O[C@@]1(C)[C@H]4[C@H]3C)[C@H](O[C@H]1O[C@@H](C)C[C@@H](N(C)C)[C@@H]1O)[C@H]2C. The Kier molecular flexibility index (Phi) is 13.2. The van der Waals surface area contributed by atoms with Crippen LogP contribution in [0.5, 0.6) is 0 Å². The maximum absolute atomic E-state index is 14.5. The molecule has 1 amide bonds. The van der Waals surface area contributed by atoms with E-state index < -0.39 is 71.8 Å². The minimum absolute atomic E-state index is 0.00720. The van der Waals surface area contributed by atoms with E-state index in [0.29, 0.717) is 49.6 Å². The Morgan fingerprint density at radius 2 is 1.86 bits per heavy atom. The van der Waals surface area contributed by atoms with Gasteiger partial charge in [0, 0.05) is 30.1 Å². The van der Waals surface area contributed by atoms with Crippen molar-refractivity contribution < 1.29 is 48.0 Å². The minimum atomic E-state index is -1.14. The molecule has 5 aliphatic rings. The maximum Gasteiger partial charge on any atom is 0.410 e. The van der Waals surface area contributed by atoms with Crippen LogP contribution in [0.1, 0.15) is 80.3 Å². The van der Waals surface area contributed by atoms with E-state index in [1.165, 1.54) is 0 Å². The first-order valence-electron chi connectivity index (χ1n) is 20.5. The molecule has 6 rings (SSSR count). The summed E-state index contributed by atoms with van der Waals surface area (Å²) < 4.78 is 39.7. The van der Waals surface area contributed by atoms with E-state index in [0.717, 1.165) is 5.71 Å².